The lowest BCUT2D eigenvalue weighted by Crippen LogP contribution is -2.27. The van der Waals surface area contributed by atoms with Gasteiger partial charge in [-0.2, -0.15) is 15.4 Å². The first-order valence-corrected chi connectivity index (χ1v) is 4.55. The van der Waals surface area contributed by atoms with Gasteiger partial charge in [0.2, 0.25) is 0 Å². The SMILES string of the molecule is COCCOCCNC(=O)c1cn[nH]n1. The van der Waals surface area contributed by atoms with Crippen LogP contribution in [0.2, 0.25) is 0 Å². The van der Waals surface area contributed by atoms with E-state index < -0.39 is 0 Å². The number of methoxy groups -OCH3 is 1. The molecule has 2 N–H and O–H groups in total. The zero-order valence-corrected chi connectivity index (χ0v) is 8.52. The van der Waals surface area contributed by atoms with Crippen molar-refractivity contribution < 1.29 is 14.3 Å². The second-order valence-corrected chi connectivity index (χ2v) is 2.72. The summed E-state index contributed by atoms with van der Waals surface area (Å²) in [5.41, 5.74) is 0.270. The first-order chi connectivity index (χ1) is 7.34. The van der Waals surface area contributed by atoms with E-state index in [-0.39, 0.29) is 11.6 Å². The minimum Gasteiger partial charge on any atom is -0.382 e. The topological polar surface area (TPSA) is 89.1 Å². The molecule has 84 valence electrons. The number of rotatable bonds is 7. The third-order valence-corrected chi connectivity index (χ3v) is 1.61. The summed E-state index contributed by atoms with van der Waals surface area (Å²) >= 11 is 0. The van der Waals surface area contributed by atoms with Crippen LogP contribution in [0.5, 0.6) is 0 Å². The summed E-state index contributed by atoms with van der Waals surface area (Å²) in [6.45, 7) is 1.97. The van der Waals surface area contributed by atoms with Gasteiger partial charge in [-0.05, 0) is 0 Å². The first kappa shape index (κ1) is 11.6. The van der Waals surface area contributed by atoms with E-state index in [9.17, 15) is 4.79 Å². The van der Waals surface area contributed by atoms with Gasteiger partial charge in [-0.1, -0.05) is 0 Å². The van der Waals surface area contributed by atoms with Crippen LogP contribution in [0.3, 0.4) is 0 Å². The van der Waals surface area contributed by atoms with Gasteiger partial charge in [0.25, 0.3) is 5.91 Å². The highest BCUT2D eigenvalue weighted by Gasteiger charge is 2.06. The smallest absolute Gasteiger partial charge is 0.273 e. The van der Waals surface area contributed by atoms with Gasteiger partial charge in [0, 0.05) is 13.7 Å². The maximum atomic E-state index is 11.3. The van der Waals surface area contributed by atoms with Crippen LogP contribution < -0.4 is 5.32 Å². The monoisotopic (exact) mass is 214 g/mol. The van der Waals surface area contributed by atoms with Crippen LogP contribution in [0, 0.1) is 0 Å². The third kappa shape index (κ3) is 4.52. The Morgan fingerprint density at radius 3 is 3.07 bits per heavy atom. The maximum Gasteiger partial charge on any atom is 0.273 e. The van der Waals surface area contributed by atoms with Crippen molar-refractivity contribution in [2.75, 3.05) is 33.5 Å². The molecule has 0 aliphatic heterocycles. The molecule has 0 radical (unpaired) electrons. The van der Waals surface area contributed by atoms with Crippen LogP contribution in [0.15, 0.2) is 6.20 Å². The van der Waals surface area contributed by atoms with Gasteiger partial charge < -0.3 is 14.8 Å². The highest BCUT2D eigenvalue weighted by Crippen LogP contribution is 1.86. The number of nitrogens with one attached hydrogen (secondary N) is 2. The van der Waals surface area contributed by atoms with E-state index in [2.05, 4.69) is 20.7 Å². The molecule has 0 atom stereocenters. The number of nitrogens with zero attached hydrogens (tertiary/aromatic N) is 2. The minimum atomic E-state index is -0.265. The Balaban J connectivity index is 2.03. The lowest BCUT2D eigenvalue weighted by Gasteiger charge is -2.04. The number of aromatic amines is 1. The van der Waals surface area contributed by atoms with E-state index in [1.807, 2.05) is 0 Å². The molecule has 0 saturated carbocycles. The zero-order valence-electron chi connectivity index (χ0n) is 8.52. The summed E-state index contributed by atoms with van der Waals surface area (Å²) in [7, 11) is 1.61. The van der Waals surface area contributed by atoms with E-state index in [1.165, 1.54) is 6.20 Å². The number of aromatic nitrogens is 3. The van der Waals surface area contributed by atoms with Crippen molar-refractivity contribution >= 4 is 5.91 Å². The molecular formula is C8H14N4O3. The minimum absolute atomic E-state index is 0.265. The second-order valence-electron chi connectivity index (χ2n) is 2.72. The van der Waals surface area contributed by atoms with Crippen molar-refractivity contribution in [1.82, 2.24) is 20.7 Å². The van der Waals surface area contributed by atoms with Gasteiger partial charge in [0.1, 0.15) is 0 Å². The number of carbonyl (C=O) groups excluding carboxylic acids is 1. The molecule has 1 heterocycles. The summed E-state index contributed by atoms with van der Waals surface area (Å²) in [5, 5.41) is 12.2. The molecular weight excluding hydrogens is 200 g/mol. The molecule has 1 aromatic heterocycles. The van der Waals surface area contributed by atoms with Gasteiger partial charge in [0.15, 0.2) is 5.69 Å². The molecule has 0 aromatic carbocycles. The molecule has 0 aliphatic carbocycles. The van der Waals surface area contributed by atoms with Crippen LogP contribution in [0.25, 0.3) is 0 Å². The Hall–Kier alpha value is -1.47. The maximum absolute atomic E-state index is 11.3. The van der Waals surface area contributed by atoms with Crippen molar-refractivity contribution in [2.45, 2.75) is 0 Å². The molecule has 0 unspecified atom stereocenters. The van der Waals surface area contributed by atoms with Crippen LogP contribution in [0.4, 0.5) is 0 Å². The number of H-pyrrole nitrogens is 1. The quantitative estimate of drug-likeness (QED) is 0.580. The largest absolute Gasteiger partial charge is 0.382 e. The highest BCUT2D eigenvalue weighted by molar-refractivity contribution is 5.91. The number of hydrogen-bond donors (Lipinski definition) is 2. The van der Waals surface area contributed by atoms with Crippen molar-refractivity contribution in [1.29, 1.82) is 0 Å². The summed E-state index contributed by atoms with van der Waals surface area (Å²) in [4.78, 5) is 11.3. The lowest BCUT2D eigenvalue weighted by atomic mass is 10.4. The first-order valence-electron chi connectivity index (χ1n) is 4.55. The third-order valence-electron chi connectivity index (χ3n) is 1.61. The molecule has 0 bridgehead atoms. The normalized spacial score (nSPS) is 10.2. The fourth-order valence-corrected chi connectivity index (χ4v) is 0.883. The van der Waals surface area contributed by atoms with E-state index in [0.29, 0.717) is 26.4 Å². The number of ether oxygens (including phenoxy) is 2. The van der Waals surface area contributed by atoms with E-state index in [0.717, 1.165) is 0 Å². The number of hydrogen-bond acceptors (Lipinski definition) is 5. The fraction of sp³-hybridized carbons (Fsp3) is 0.625. The Bertz CT molecular complexity index is 275. The molecule has 1 amide bonds. The van der Waals surface area contributed by atoms with Crippen molar-refractivity contribution in [3.63, 3.8) is 0 Å². The van der Waals surface area contributed by atoms with Gasteiger partial charge >= 0.3 is 0 Å². The number of amides is 1. The highest BCUT2D eigenvalue weighted by atomic mass is 16.5. The second kappa shape index (κ2) is 6.91. The average molecular weight is 214 g/mol. The van der Waals surface area contributed by atoms with Gasteiger partial charge in [-0.3, -0.25) is 4.79 Å². The average Bonchev–Trinajstić information content (AvgIpc) is 2.76. The van der Waals surface area contributed by atoms with Gasteiger partial charge in [-0.15, -0.1) is 0 Å². The zero-order chi connectivity index (χ0) is 10.9. The van der Waals surface area contributed by atoms with Gasteiger partial charge in [-0.25, -0.2) is 0 Å². The summed E-state index contributed by atoms with van der Waals surface area (Å²) in [6.07, 6.45) is 1.36. The summed E-state index contributed by atoms with van der Waals surface area (Å²) < 4.78 is 9.95. The molecule has 15 heavy (non-hydrogen) atoms. The molecule has 1 aromatic rings. The Morgan fingerprint density at radius 1 is 1.53 bits per heavy atom. The van der Waals surface area contributed by atoms with Crippen LogP contribution >= 0.6 is 0 Å². The molecule has 0 spiro atoms. The Kier molecular flexibility index (Phi) is 5.34. The Morgan fingerprint density at radius 2 is 2.40 bits per heavy atom. The Labute approximate surface area is 87.1 Å². The summed E-state index contributed by atoms with van der Waals surface area (Å²) in [5.74, 6) is -0.265. The van der Waals surface area contributed by atoms with E-state index in [4.69, 9.17) is 9.47 Å². The molecule has 0 saturated heterocycles. The van der Waals surface area contributed by atoms with Crippen LogP contribution in [0.1, 0.15) is 10.5 Å². The predicted octanol–water partition coefficient (Wildman–Crippen LogP) is -0.802. The standard InChI is InChI=1S/C8H14N4O3/c1-14-4-5-15-3-2-9-8(13)7-6-10-12-11-7/h6H,2-5H2,1H3,(H,9,13)(H,10,11,12). The van der Waals surface area contributed by atoms with Gasteiger partial charge in [0.05, 0.1) is 26.0 Å². The molecule has 0 aliphatic rings. The van der Waals surface area contributed by atoms with E-state index >= 15 is 0 Å². The lowest BCUT2D eigenvalue weighted by molar-refractivity contribution is 0.0692. The molecule has 7 heteroatoms. The molecule has 7 nitrogen and oxygen atoms in total. The van der Waals surface area contributed by atoms with Crippen LogP contribution in [-0.4, -0.2) is 54.8 Å². The van der Waals surface area contributed by atoms with Crippen molar-refractivity contribution in [3.05, 3.63) is 11.9 Å². The fourth-order valence-electron chi connectivity index (χ4n) is 0.883. The molecule has 1 rings (SSSR count). The van der Waals surface area contributed by atoms with Crippen molar-refractivity contribution in [2.24, 2.45) is 0 Å². The van der Waals surface area contributed by atoms with Crippen LogP contribution in [-0.2, 0) is 9.47 Å². The number of carbonyl (C=O) groups is 1. The summed E-state index contributed by atoms with van der Waals surface area (Å²) in [6, 6.07) is 0. The predicted molar refractivity (Wildman–Crippen MR) is 51.4 cm³/mol. The van der Waals surface area contributed by atoms with E-state index in [1.54, 1.807) is 7.11 Å². The van der Waals surface area contributed by atoms with Crippen molar-refractivity contribution in [3.8, 4) is 0 Å². The molecule has 0 fully saturated rings.